The van der Waals surface area contributed by atoms with Crippen LogP contribution in [0, 0.1) is 0 Å². The third-order valence-electron chi connectivity index (χ3n) is 3.69. The average Bonchev–Trinajstić information content (AvgIpc) is 2.56. The summed E-state index contributed by atoms with van der Waals surface area (Å²) >= 11 is 0. The quantitative estimate of drug-likeness (QED) is 0.796. The van der Waals surface area contributed by atoms with Gasteiger partial charge in [0, 0.05) is 37.3 Å². The molecule has 0 saturated carbocycles. The molecule has 0 fully saturated rings. The molecule has 6 nitrogen and oxygen atoms in total. The van der Waals surface area contributed by atoms with Crippen molar-refractivity contribution in [1.29, 1.82) is 0 Å². The Bertz CT molecular complexity index is 550. The number of carbonyl (C=O) groups excluding carboxylic acids is 2. The summed E-state index contributed by atoms with van der Waals surface area (Å²) in [6, 6.07) is 6.50. The Morgan fingerprint density at radius 1 is 0.826 bits per heavy atom. The molecular formula is C17H24N2O4. The van der Waals surface area contributed by atoms with E-state index < -0.39 is 5.97 Å². The number of aliphatic carboxylic acids is 1. The zero-order chi connectivity index (χ0) is 17.4. The molecule has 0 aromatic heterocycles. The number of carboxylic acids is 1. The fourth-order valence-electron chi connectivity index (χ4n) is 2.27. The molecule has 23 heavy (non-hydrogen) atoms. The third kappa shape index (κ3) is 5.09. The Balaban J connectivity index is 2.84. The number of rotatable bonds is 8. The van der Waals surface area contributed by atoms with Gasteiger partial charge in [0.05, 0.1) is 6.42 Å². The molecule has 0 saturated heterocycles. The maximum atomic E-state index is 12.4. The number of amides is 2. The summed E-state index contributed by atoms with van der Waals surface area (Å²) in [5.41, 5.74) is 0.993. The van der Waals surface area contributed by atoms with E-state index >= 15 is 0 Å². The first-order chi connectivity index (χ1) is 10.9. The van der Waals surface area contributed by atoms with Crippen LogP contribution in [-0.4, -0.2) is 58.9 Å². The number of benzene rings is 1. The van der Waals surface area contributed by atoms with Crippen molar-refractivity contribution < 1.29 is 19.5 Å². The van der Waals surface area contributed by atoms with Crippen molar-refractivity contribution in [3.63, 3.8) is 0 Å². The topological polar surface area (TPSA) is 77.9 Å². The van der Waals surface area contributed by atoms with Gasteiger partial charge in [0.2, 0.25) is 0 Å². The van der Waals surface area contributed by atoms with Crippen molar-refractivity contribution in [3.8, 4) is 0 Å². The van der Waals surface area contributed by atoms with Crippen molar-refractivity contribution in [2.45, 2.75) is 27.2 Å². The summed E-state index contributed by atoms with van der Waals surface area (Å²) in [5, 5.41) is 8.73. The third-order valence-corrected chi connectivity index (χ3v) is 3.69. The van der Waals surface area contributed by atoms with Gasteiger partial charge >= 0.3 is 5.97 Å². The highest BCUT2D eigenvalue weighted by Crippen LogP contribution is 2.10. The minimum Gasteiger partial charge on any atom is -0.481 e. The molecule has 0 atom stereocenters. The Labute approximate surface area is 136 Å². The van der Waals surface area contributed by atoms with Crippen molar-refractivity contribution in [2.24, 2.45) is 0 Å². The summed E-state index contributed by atoms with van der Waals surface area (Å²) in [7, 11) is 0. The van der Waals surface area contributed by atoms with E-state index in [1.54, 1.807) is 36.1 Å². The van der Waals surface area contributed by atoms with Crippen molar-refractivity contribution >= 4 is 17.8 Å². The van der Waals surface area contributed by atoms with E-state index in [9.17, 15) is 14.4 Å². The Kier molecular flexibility index (Phi) is 7.25. The molecule has 1 aromatic rings. The van der Waals surface area contributed by atoms with Crippen LogP contribution >= 0.6 is 0 Å². The first kappa shape index (κ1) is 18.7. The Morgan fingerprint density at radius 3 is 1.57 bits per heavy atom. The second-order valence-corrected chi connectivity index (χ2v) is 5.08. The molecule has 0 spiro atoms. The van der Waals surface area contributed by atoms with E-state index in [4.69, 9.17) is 5.11 Å². The van der Waals surface area contributed by atoms with Gasteiger partial charge < -0.3 is 14.9 Å². The van der Waals surface area contributed by atoms with Gasteiger partial charge in [-0.2, -0.15) is 0 Å². The van der Waals surface area contributed by atoms with Crippen molar-refractivity contribution in [3.05, 3.63) is 35.4 Å². The molecule has 0 aliphatic rings. The lowest BCUT2D eigenvalue weighted by atomic mass is 10.1. The molecule has 0 heterocycles. The minimum atomic E-state index is -0.934. The molecule has 126 valence electrons. The lowest BCUT2D eigenvalue weighted by Crippen LogP contribution is -2.33. The van der Waals surface area contributed by atoms with Crippen LogP contribution in [0.25, 0.3) is 0 Å². The van der Waals surface area contributed by atoms with Gasteiger partial charge in [-0.15, -0.1) is 0 Å². The monoisotopic (exact) mass is 320 g/mol. The van der Waals surface area contributed by atoms with E-state index in [-0.39, 0.29) is 24.8 Å². The lowest BCUT2D eigenvalue weighted by molar-refractivity contribution is -0.137. The molecule has 0 unspecified atom stereocenters. The maximum Gasteiger partial charge on any atom is 0.305 e. The maximum absolute atomic E-state index is 12.4. The normalized spacial score (nSPS) is 10.2. The van der Waals surface area contributed by atoms with Gasteiger partial charge in [-0.3, -0.25) is 14.4 Å². The number of hydrogen-bond donors (Lipinski definition) is 1. The molecule has 6 heteroatoms. The molecule has 0 bridgehead atoms. The standard InChI is InChI=1S/C17H24N2O4/c1-4-18(5-2)16(22)13-7-9-14(10-8-13)17(23)19(6-3)12-11-15(20)21/h7-10H,4-6,11-12H2,1-3H3,(H,20,21). The smallest absolute Gasteiger partial charge is 0.305 e. The van der Waals surface area contributed by atoms with Crippen LogP contribution in [0.3, 0.4) is 0 Å². The minimum absolute atomic E-state index is 0.0628. The second-order valence-electron chi connectivity index (χ2n) is 5.08. The molecule has 0 radical (unpaired) electrons. The molecule has 1 N–H and O–H groups in total. The van der Waals surface area contributed by atoms with Crippen molar-refractivity contribution in [2.75, 3.05) is 26.2 Å². The highest BCUT2D eigenvalue weighted by molar-refractivity contribution is 5.97. The van der Waals surface area contributed by atoms with E-state index in [1.165, 1.54) is 4.90 Å². The first-order valence-electron chi connectivity index (χ1n) is 7.84. The van der Waals surface area contributed by atoms with Crippen LogP contribution < -0.4 is 0 Å². The molecule has 0 aliphatic carbocycles. The van der Waals surface area contributed by atoms with E-state index in [0.29, 0.717) is 30.8 Å². The largest absolute Gasteiger partial charge is 0.481 e. The fourth-order valence-corrected chi connectivity index (χ4v) is 2.27. The average molecular weight is 320 g/mol. The van der Waals surface area contributed by atoms with E-state index in [2.05, 4.69) is 0 Å². The van der Waals surface area contributed by atoms with Crippen LogP contribution in [-0.2, 0) is 4.79 Å². The molecule has 1 rings (SSSR count). The van der Waals surface area contributed by atoms with E-state index in [1.807, 2.05) is 13.8 Å². The molecular weight excluding hydrogens is 296 g/mol. The lowest BCUT2D eigenvalue weighted by Gasteiger charge is -2.21. The predicted octanol–water partition coefficient (Wildman–Crippen LogP) is 2.11. The molecule has 1 aromatic carbocycles. The van der Waals surface area contributed by atoms with Gasteiger partial charge in [-0.25, -0.2) is 0 Å². The summed E-state index contributed by atoms with van der Waals surface area (Å²) in [6.45, 7) is 7.51. The van der Waals surface area contributed by atoms with Crippen LogP contribution in [0.5, 0.6) is 0 Å². The number of carbonyl (C=O) groups is 3. The summed E-state index contributed by atoms with van der Waals surface area (Å²) in [5.74, 6) is -1.22. The SMILES string of the molecule is CCN(CC)C(=O)c1ccc(C(=O)N(CC)CCC(=O)O)cc1. The predicted molar refractivity (Wildman–Crippen MR) is 87.5 cm³/mol. The van der Waals surface area contributed by atoms with Crippen LogP contribution in [0.15, 0.2) is 24.3 Å². The van der Waals surface area contributed by atoms with Crippen LogP contribution in [0.1, 0.15) is 47.9 Å². The van der Waals surface area contributed by atoms with Crippen LogP contribution in [0.2, 0.25) is 0 Å². The highest BCUT2D eigenvalue weighted by Gasteiger charge is 2.17. The Hall–Kier alpha value is -2.37. The summed E-state index contributed by atoms with van der Waals surface area (Å²) < 4.78 is 0. The number of nitrogens with zero attached hydrogens (tertiary/aromatic N) is 2. The zero-order valence-electron chi connectivity index (χ0n) is 13.9. The van der Waals surface area contributed by atoms with Gasteiger partial charge in [0.15, 0.2) is 0 Å². The van der Waals surface area contributed by atoms with Gasteiger partial charge in [0.1, 0.15) is 0 Å². The summed E-state index contributed by atoms with van der Waals surface area (Å²) in [6.07, 6.45) is -0.0852. The molecule has 2 amide bonds. The second kappa shape index (κ2) is 8.92. The van der Waals surface area contributed by atoms with E-state index in [0.717, 1.165) is 0 Å². The highest BCUT2D eigenvalue weighted by atomic mass is 16.4. The number of hydrogen-bond acceptors (Lipinski definition) is 3. The van der Waals surface area contributed by atoms with Gasteiger partial charge in [-0.05, 0) is 45.0 Å². The molecule has 0 aliphatic heterocycles. The van der Waals surface area contributed by atoms with Crippen molar-refractivity contribution in [1.82, 2.24) is 9.80 Å². The van der Waals surface area contributed by atoms with Gasteiger partial charge in [-0.1, -0.05) is 0 Å². The Morgan fingerprint density at radius 2 is 1.22 bits per heavy atom. The van der Waals surface area contributed by atoms with Gasteiger partial charge in [0.25, 0.3) is 11.8 Å². The van der Waals surface area contributed by atoms with Crippen LogP contribution in [0.4, 0.5) is 0 Å². The summed E-state index contributed by atoms with van der Waals surface area (Å²) in [4.78, 5) is 38.4. The number of carboxylic acid groups (broad SMARTS) is 1. The zero-order valence-corrected chi connectivity index (χ0v) is 13.9. The fraction of sp³-hybridized carbons (Fsp3) is 0.471. The first-order valence-corrected chi connectivity index (χ1v) is 7.84.